The molecule has 1 aliphatic carbocycles. The van der Waals surface area contributed by atoms with E-state index in [2.05, 4.69) is 49.4 Å². The van der Waals surface area contributed by atoms with Crippen molar-refractivity contribution in [3.63, 3.8) is 0 Å². The van der Waals surface area contributed by atoms with E-state index in [9.17, 15) is 18.0 Å². The van der Waals surface area contributed by atoms with Crippen molar-refractivity contribution in [2.75, 3.05) is 33.8 Å². The third kappa shape index (κ3) is 12.2. The number of likely N-dealkylation sites (N-methyl/N-ethyl adjacent to an activating group) is 1. The van der Waals surface area contributed by atoms with Crippen molar-refractivity contribution < 1.29 is 27.1 Å². The summed E-state index contributed by atoms with van der Waals surface area (Å²) in [4.78, 5) is 18.8. The molecule has 286 valence electrons. The van der Waals surface area contributed by atoms with E-state index in [-0.39, 0.29) is 57.9 Å². The van der Waals surface area contributed by atoms with Crippen molar-refractivity contribution in [2.45, 2.75) is 112 Å². The highest BCUT2D eigenvalue weighted by Gasteiger charge is 2.42. The maximum Gasteiger partial charge on any atom is 0.418 e. The average molecular weight is 739 g/mol. The summed E-state index contributed by atoms with van der Waals surface area (Å²) in [5.74, 6) is 0.207. The van der Waals surface area contributed by atoms with Gasteiger partial charge in [-0.1, -0.05) is 65.3 Å². The Bertz CT molecular complexity index is 1470. The Hall–Kier alpha value is -3.11. The minimum Gasteiger partial charge on any atom is -0.476 e. The van der Waals surface area contributed by atoms with Crippen LogP contribution < -0.4 is 5.32 Å². The highest BCUT2D eigenvalue weighted by atomic mass is 35.5. The number of alkyl halides is 3. The Morgan fingerprint density at radius 1 is 1.24 bits per heavy atom. The Morgan fingerprint density at radius 3 is 2.39 bits per heavy atom. The van der Waals surface area contributed by atoms with E-state index in [1.807, 2.05) is 27.9 Å². The van der Waals surface area contributed by atoms with Gasteiger partial charge in [-0.25, -0.2) is 9.38 Å². The monoisotopic (exact) mass is 738 g/mol. The van der Waals surface area contributed by atoms with Gasteiger partial charge >= 0.3 is 6.18 Å². The van der Waals surface area contributed by atoms with E-state index in [1.54, 1.807) is 12.2 Å². The number of nitrogens with zero attached hydrogens (tertiary/aromatic N) is 3. The van der Waals surface area contributed by atoms with Gasteiger partial charge in [-0.2, -0.15) is 13.2 Å². The number of hydrogen-bond acceptors (Lipinski definition) is 6. The molecule has 11 heteroatoms. The van der Waals surface area contributed by atoms with Crippen LogP contribution in [-0.4, -0.2) is 73.3 Å². The largest absolute Gasteiger partial charge is 0.476 e. The second-order valence-electron chi connectivity index (χ2n) is 14.0. The van der Waals surface area contributed by atoms with Crippen LogP contribution in [0.2, 0.25) is 0 Å². The summed E-state index contributed by atoms with van der Waals surface area (Å²) in [6.07, 6.45) is 7.04. The predicted molar refractivity (Wildman–Crippen MR) is 203 cm³/mol. The second kappa shape index (κ2) is 20.2. The van der Waals surface area contributed by atoms with Crippen molar-refractivity contribution >= 4 is 23.1 Å². The maximum absolute atomic E-state index is 17.0. The van der Waals surface area contributed by atoms with Crippen molar-refractivity contribution in [2.24, 2.45) is 16.8 Å². The molecular formula is C40H59ClF4N4O2. The Morgan fingerprint density at radius 2 is 1.88 bits per heavy atom. The summed E-state index contributed by atoms with van der Waals surface area (Å²) >= 11 is 6.75. The highest BCUT2D eigenvalue weighted by molar-refractivity contribution is 6.35. The fourth-order valence-corrected chi connectivity index (χ4v) is 6.65. The summed E-state index contributed by atoms with van der Waals surface area (Å²) in [5.41, 5.74) is -0.586. The summed E-state index contributed by atoms with van der Waals surface area (Å²) in [7, 11) is 4.03. The standard InChI is InChI=1S/C36H53ClF4N4O.C4H6O/c1-10-13-30(46-21-26-14-12-19-44(26)8)43-34-27(25(7)45(9)29(22(3)4)16-15-23(5)11-2)20-28(37)31(33(34)38)35-32(36(39,40)41)24(6)17-18-42-35;1-3-4(2)5/h13,17,20,22-23,26,29,42H,10-12,14-16,18-19,21H2,1-9H3;3H,1H2,2H3/b27-25+,30-13-,43-34+;. The summed E-state index contributed by atoms with van der Waals surface area (Å²) in [6, 6.07) is 0.355. The number of ketones is 1. The number of rotatable bonds is 14. The Labute approximate surface area is 308 Å². The lowest BCUT2D eigenvalue weighted by Gasteiger charge is -2.36. The second-order valence-corrected chi connectivity index (χ2v) is 14.4. The number of allylic oxidation sites excluding steroid dienone is 9. The maximum atomic E-state index is 17.0. The van der Waals surface area contributed by atoms with Gasteiger partial charge < -0.3 is 19.9 Å². The first-order valence-electron chi connectivity index (χ1n) is 18.1. The first kappa shape index (κ1) is 44.1. The van der Waals surface area contributed by atoms with Crippen LogP contribution >= 0.6 is 11.6 Å². The van der Waals surface area contributed by atoms with Crippen molar-refractivity contribution in [1.82, 2.24) is 15.1 Å². The van der Waals surface area contributed by atoms with Gasteiger partial charge in [-0.3, -0.25) is 4.79 Å². The molecule has 0 spiro atoms. The molecule has 6 nitrogen and oxygen atoms in total. The number of dihydropyridines is 1. The van der Waals surface area contributed by atoms with E-state index in [0.717, 1.165) is 44.3 Å². The molecule has 0 bridgehead atoms. The molecule has 3 aliphatic rings. The number of carbonyl (C=O) groups excluding carboxylic acids is 1. The molecule has 1 N–H and O–H groups in total. The molecule has 0 aromatic carbocycles. The summed E-state index contributed by atoms with van der Waals surface area (Å²) < 4.78 is 66.2. The zero-order valence-corrected chi connectivity index (χ0v) is 33.0. The van der Waals surface area contributed by atoms with E-state index < -0.39 is 17.6 Å². The van der Waals surface area contributed by atoms with Gasteiger partial charge in [0.1, 0.15) is 12.3 Å². The molecule has 0 amide bonds. The molecule has 0 saturated carbocycles. The molecule has 2 heterocycles. The Balaban J connectivity index is 0.00000168. The molecule has 3 rings (SSSR count). The van der Waals surface area contributed by atoms with E-state index in [4.69, 9.17) is 21.3 Å². The number of hydrogen-bond donors (Lipinski definition) is 1. The van der Waals surface area contributed by atoms with Crippen LogP contribution in [0.5, 0.6) is 0 Å². The fraction of sp³-hybridized carbons (Fsp3) is 0.600. The lowest BCUT2D eigenvalue weighted by atomic mass is 9.89. The molecule has 0 radical (unpaired) electrons. The summed E-state index contributed by atoms with van der Waals surface area (Å²) in [5, 5.41) is 2.65. The number of ether oxygens (including phenoxy) is 1. The van der Waals surface area contributed by atoms with Gasteiger partial charge in [0.2, 0.25) is 5.88 Å². The van der Waals surface area contributed by atoms with E-state index in [0.29, 0.717) is 30.4 Å². The van der Waals surface area contributed by atoms with Crippen LogP contribution in [0.25, 0.3) is 0 Å². The topological polar surface area (TPSA) is 57.2 Å². The van der Waals surface area contributed by atoms with Crippen LogP contribution in [0.15, 0.2) is 86.3 Å². The van der Waals surface area contributed by atoms with Crippen molar-refractivity contribution in [3.8, 4) is 0 Å². The van der Waals surface area contributed by atoms with Gasteiger partial charge in [0, 0.05) is 36.9 Å². The van der Waals surface area contributed by atoms with Gasteiger partial charge in [0.25, 0.3) is 0 Å². The Kier molecular flexibility index (Phi) is 17.5. The number of carbonyl (C=O) groups is 1. The number of halogens is 5. The molecule has 1 fully saturated rings. The molecule has 0 aromatic heterocycles. The highest BCUT2D eigenvalue weighted by Crippen LogP contribution is 2.43. The average Bonchev–Trinajstić information content (AvgIpc) is 3.47. The van der Waals surface area contributed by atoms with Gasteiger partial charge in [0.15, 0.2) is 11.6 Å². The molecule has 1 saturated heterocycles. The molecular weight excluding hydrogens is 680 g/mol. The fourth-order valence-electron chi connectivity index (χ4n) is 6.36. The van der Waals surface area contributed by atoms with Crippen LogP contribution in [-0.2, 0) is 9.53 Å². The smallest absolute Gasteiger partial charge is 0.418 e. The number of nitrogens with one attached hydrogen (secondary N) is 1. The molecule has 2 aliphatic heterocycles. The minimum absolute atomic E-state index is 0.0124. The first-order valence-corrected chi connectivity index (χ1v) is 18.5. The molecule has 3 unspecified atom stereocenters. The van der Waals surface area contributed by atoms with Gasteiger partial charge in [0.05, 0.1) is 21.9 Å². The zero-order chi connectivity index (χ0) is 38.6. The van der Waals surface area contributed by atoms with Crippen LogP contribution in [0.1, 0.15) is 93.9 Å². The van der Waals surface area contributed by atoms with Gasteiger partial charge in [-0.05, 0) is 102 Å². The van der Waals surface area contributed by atoms with Gasteiger partial charge in [-0.15, -0.1) is 0 Å². The van der Waals surface area contributed by atoms with Crippen LogP contribution in [0.3, 0.4) is 0 Å². The third-order valence-electron chi connectivity index (χ3n) is 9.88. The number of likely N-dealkylation sites (tertiary alicyclic amines) is 1. The first-order chi connectivity index (χ1) is 23.9. The van der Waals surface area contributed by atoms with Crippen molar-refractivity contribution in [3.05, 3.63) is 81.3 Å². The van der Waals surface area contributed by atoms with Crippen LogP contribution in [0.4, 0.5) is 17.6 Å². The predicted octanol–water partition coefficient (Wildman–Crippen LogP) is 10.3. The van der Waals surface area contributed by atoms with E-state index in [1.165, 1.54) is 26.0 Å². The summed E-state index contributed by atoms with van der Waals surface area (Å²) in [6.45, 7) is 20.1. The molecule has 3 atom stereocenters. The molecule has 0 aromatic rings. The molecule has 51 heavy (non-hydrogen) atoms. The normalized spacial score (nSPS) is 21.8. The number of aliphatic imine (C=N–C) groups is 1. The minimum atomic E-state index is -4.72. The van der Waals surface area contributed by atoms with Crippen LogP contribution in [0, 0.1) is 11.8 Å². The van der Waals surface area contributed by atoms with E-state index >= 15 is 4.39 Å². The lowest BCUT2D eigenvalue weighted by molar-refractivity contribution is -0.112. The van der Waals surface area contributed by atoms with Crippen molar-refractivity contribution in [1.29, 1.82) is 0 Å². The quantitative estimate of drug-likeness (QED) is 0.109. The SMILES string of the molecule is C=CC(C)=O.CC/C=C(/N=C1/C(F)=C(C2=C(C(F)(F)F)C(C)=CCN2)C(Cl)=C/C1=C(/C)N(C)C(CCC(C)CC)C(C)C)OCC1CCCN1C. The third-order valence-corrected chi connectivity index (χ3v) is 10.2. The zero-order valence-electron chi connectivity index (χ0n) is 32.2. The lowest BCUT2D eigenvalue weighted by Crippen LogP contribution is -2.36.